The van der Waals surface area contributed by atoms with Crippen molar-refractivity contribution in [2.24, 2.45) is 0 Å². The number of halogens is 4. The molecule has 126 valence electrons. The van der Waals surface area contributed by atoms with Gasteiger partial charge in [-0.1, -0.05) is 32.0 Å². The molecule has 0 radical (unpaired) electrons. The lowest BCUT2D eigenvalue weighted by Gasteiger charge is -2.18. The summed E-state index contributed by atoms with van der Waals surface area (Å²) in [6, 6.07) is 5.37. The minimum Gasteiger partial charge on any atom is -0.387 e. The van der Waals surface area contributed by atoms with Crippen molar-refractivity contribution in [1.29, 1.82) is 0 Å². The molecule has 0 spiro atoms. The first-order valence-electron chi connectivity index (χ1n) is 7.21. The number of alkyl halides is 4. The van der Waals surface area contributed by atoms with E-state index in [1.54, 1.807) is 0 Å². The van der Waals surface area contributed by atoms with Crippen molar-refractivity contribution in [3.63, 3.8) is 0 Å². The molecule has 0 amide bonds. The maximum Gasteiger partial charge on any atom is 0.433 e. The lowest BCUT2D eigenvalue weighted by atomic mass is 10.00. The number of benzene rings is 1. The van der Waals surface area contributed by atoms with Crippen molar-refractivity contribution in [2.45, 2.75) is 38.8 Å². The molecule has 1 unspecified atom stereocenters. The molecule has 0 bridgehead atoms. The van der Waals surface area contributed by atoms with E-state index in [1.165, 1.54) is 18.2 Å². The van der Waals surface area contributed by atoms with Crippen molar-refractivity contribution < 1.29 is 22.7 Å². The highest BCUT2D eigenvalue weighted by atomic mass is 19.4. The monoisotopic (exact) mass is 330 g/mol. The molecule has 23 heavy (non-hydrogen) atoms. The third-order valence-corrected chi connectivity index (χ3v) is 3.47. The molecule has 7 heteroatoms. The fraction of sp³-hybridized carbons (Fsp3) is 0.438. The van der Waals surface area contributed by atoms with Crippen LogP contribution < -0.4 is 5.32 Å². The molecule has 1 heterocycles. The van der Waals surface area contributed by atoms with Gasteiger partial charge in [0.15, 0.2) is 0 Å². The number of fused-ring (bicyclic) bond motifs is 1. The summed E-state index contributed by atoms with van der Waals surface area (Å²) in [5.41, 5.74) is -1.04. The second kappa shape index (κ2) is 6.80. The van der Waals surface area contributed by atoms with E-state index in [0.29, 0.717) is 5.39 Å². The van der Waals surface area contributed by atoms with Crippen LogP contribution in [0.3, 0.4) is 0 Å². The highest BCUT2D eigenvalue weighted by Crippen LogP contribution is 2.34. The van der Waals surface area contributed by atoms with Crippen LogP contribution in [0.15, 0.2) is 24.3 Å². The van der Waals surface area contributed by atoms with Gasteiger partial charge in [0.1, 0.15) is 12.4 Å². The van der Waals surface area contributed by atoms with E-state index >= 15 is 0 Å². The molecule has 1 aromatic carbocycles. The largest absolute Gasteiger partial charge is 0.433 e. The first kappa shape index (κ1) is 17.6. The average molecular weight is 330 g/mol. The van der Waals surface area contributed by atoms with Crippen molar-refractivity contribution in [1.82, 2.24) is 10.3 Å². The van der Waals surface area contributed by atoms with Crippen molar-refractivity contribution in [2.75, 3.05) is 6.54 Å². The van der Waals surface area contributed by atoms with Crippen molar-refractivity contribution >= 4 is 10.9 Å². The molecule has 1 aromatic heterocycles. The van der Waals surface area contributed by atoms with Gasteiger partial charge < -0.3 is 10.4 Å². The molecular formula is C16H18F4N2O. The summed E-state index contributed by atoms with van der Waals surface area (Å²) in [6.45, 7) is 2.89. The Morgan fingerprint density at radius 2 is 1.96 bits per heavy atom. The highest BCUT2D eigenvalue weighted by molar-refractivity contribution is 5.85. The molecular weight excluding hydrogens is 312 g/mol. The predicted molar refractivity (Wildman–Crippen MR) is 79.7 cm³/mol. The number of hydrogen-bond acceptors (Lipinski definition) is 3. The molecule has 0 saturated heterocycles. The van der Waals surface area contributed by atoms with Gasteiger partial charge in [-0.05, 0) is 11.6 Å². The fourth-order valence-electron chi connectivity index (χ4n) is 2.32. The summed E-state index contributed by atoms with van der Waals surface area (Å²) in [4.78, 5) is 3.56. The molecule has 1 atom stereocenters. The van der Waals surface area contributed by atoms with E-state index in [4.69, 9.17) is 0 Å². The Morgan fingerprint density at radius 1 is 1.26 bits per heavy atom. The number of aliphatic hydroxyl groups excluding tert-OH is 1. The highest BCUT2D eigenvalue weighted by Gasteiger charge is 2.34. The Balaban J connectivity index is 2.61. The maximum atomic E-state index is 13.1. The number of nitrogens with zero attached hydrogens (tertiary/aromatic N) is 1. The van der Waals surface area contributed by atoms with Crippen LogP contribution in [0.25, 0.3) is 10.9 Å². The number of para-hydroxylation sites is 1. The first-order chi connectivity index (χ1) is 10.7. The van der Waals surface area contributed by atoms with Gasteiger partial charge >= 0.3 is 6.18 Å². The number of aliphatic hydroxyl groups is 1. The third-order valence-electron chi connectivity index (χ3n) is 3.47. The van der Waals surface area contributed by atoms with Gasteiger partial charge in [-0.15, -0.1) is 0 Å². The molecule has 2 aromatic rings. The molecule has 2 N–H and O–H groups in total. The Labute approximate surface area is 131 Å². The molecule has 0 aliphatic rings. The van der Waals surface area contributed by atoms with Crippen molar-refractivity contribution in [3.05, 3.63) is 41.1 Å². The molecule has 0 aliphatic carbocycles. The molecule has 0 fully saturated rings. The van der Waals surface area contributed by atoms with E-state index in [9.17, 15) is 22.7 Å². The van der Waals surface area contributed by atoms with E-state index in [-0.39, 0.29) is 29.2 Å². The zero-order valence-electron chi connectivity index (χ0n) is 12.8. The van der Waals surface area contributed by atoms with Crippen molar-refractivity contribution in [3.8, 4) is 0 Å². The van der Waals surface area contributed by atoms with Crippen LogP contribution in [0.4, 0.5) is 17.6 Å². The molecule has 0 saturated carbocycles. The van der Waals surface area contributed by atoms with Crippen LogP contribution in [0.1, 0.15) is 36.8 Å². The smallest absolute Gasteiger partial charge is 0.387 e. The lowest BCUT2D eigenvalue weighted by molar-refractivity contribution is -0.141. The Hall–Kier alpha value is -1.73. The van der Waals surface area contributed by atoms with E-state index in [2.05, 4.69) is 10.3 Å². The Bertz CT molecular complexity index is 686. The number of nitrogens with one attached hydrogen (secondary N) is 1. The summed E-state index contributed by atoms with van der Waals surface area (Å²) in [6.07, 6.45) is -5.82. The van der Waals surface area contributed by atoms with E-state index < -0.39 is 24.6 Å². The SMILES string of the molecule is CC(C)NCC(O)c1cc(C(F)(F)F)nc2c(CF)cccc12. The van der Waals surface area contributed by atoms with E-state index in [0.717, 1.165) is 6.07 Å². The van der Waals surface area contributed by atoms with Gasteiger partial charge in [-0.3, -0.25) is 0 Å². The zero-order chi connectivity index (χ0) is 17.2. The van der Waals surface area contributed by atoms with Gasteiger partial charge in [0.05, 0.1) is 11.6 Å². The van der Waals surface area contributed by atoms with Crippen LogP contribution in [-0.4, -0.2) is 22.7 Å². The summed E-state index contributed by atoms with van der Waals surface area (Å²) in [5, 5.41) is 13.6. The van der Waals surface area contributed by atoms with Gasteiger partial charge in [-0.2, -0.15) is 13.2 Å². The minimum atomic E-state index is -4.67. The van der Waals surface area contributed by atoms with Gasteiger partial charge in [-0.25, -0.2) is 9.37 Å². The molecule has 2 rings (SSSR count). The second-order valence-electron chi connectivity index (χ2n) is 5.62. The van der Waals surface area contributed by atoms with Gasteiger partial charge in [0, 0.05) is 23.5 Å². The fourth-order valence-corrected chi connectivity index (χ4v) is 2.32. The average Bonchev–Trinajstić information content (AvgIpc) is 2.49. The minimum absolute atomic E-state index is 0.0663. The van der Waals surface area contributed by atoms with E-state index in [1.807, 2.05) is 13.8 Å². The number of pyridine rings is 1. The van der Waals surface area contributed by atoms with Crippen LogP contribution in [0, 0.1) is 0 Å². The third kappa shape index (κ3) is 3.97. The number of rotatable bonds is 5. The Morgan fingerprint density at radius 3 is 2.52 bits per heavy atom. The molecule has 3 nitrogen and oxygen atoms in total. The standard InChI is InChI=1S/C16H18F4N2O/c1-9(2)21-8-13(23)12-6-14(16(18,19)20)22-15-10(7-17)4-3-5-11(12)15/h3-6,9,13,21,23H,7-8H2,1-2H3. The Kier molecular flexibility index (Phi) is 5.21. The normalized spacial score (nSPS) is 13.7. The van der Waals surface area contributed by atoms with Gasteiger partial charge in [0.2, 0.25) is 0 Å². The molecule has 0 aliphatic heterocycles. The summed E-state index contributed by atoms with van der Waals surface area (Å²) in [5.74, 6) is 0. The number of hydrogen-bond donors (Lipinski definition) is 2. The van der Waals surface area contributed by atoms with Crippen LogP contribution in [0.5, 0.6) is 0 Å². The summed E-state index contributed by atoms with van der Waals surface area (Å²) < 4.78 is 52.2. The lowest BCUT2D eigenvalue weighted by Crippen LogP contribution is -2.28. The van der Waals surface area contributed by atoms with Gasteiger partial charge in [0.25, 0.3) is 0 Å². The van der Waals surface area contributed by atoms with Crippen LogP contribution in [0.2, 0.25) is 0 Å². The summed E-state index contributed by atoms with van der Waals surface area (Å²) in [7, 11) is 0. The second-order valence-corrected chi connectivity index (χ2v) is 5.62. The number of aromatic nitrogens is 1. The predicted octanol–water partition coefficient (Wildman–Crippen LogP) is 3.75. The van der Waals surface area contributed by atoms with Crippen LogP contribution in [-0.2, 0) is 12.9 Å². The quantitative estimate of drug-likeness (QED) is 0.821. The topological polar surface area (TPSA) is 45.1 Å². The maximum absolute atomic E-state index is 13.1. The summed E-state index contributed by atoms with van der Waals surface area (Å²) >= 11 is 0. The van der Waals surface area contributed by atoms with Crippen LogP contribution >= 0.6 is 0 Å². The zero-order valence-corrected chi connectivity index (χ0v) is 12.8. The first-order valence-corrected chi connectivity index (χ1v) is 7.21.